The van der Waals surface area contributed by atoms with Crippen LogP contribution in [0.1, 0.15) is 6.42 Å². The van der Waals surface area contributed by atoms with Gasteiger partial charge < -0.3 is 15.0 Å². The van der Waals surface area contributed by atoms with Crippen molar-refractivity contribution < 1.29 is 4.92 Å². The van der Waals surface area contributed by atoms with Crippen LogP contribution in [0.25, 0.3) is 0 Å². The number of aryl methyl sites for hydroxylation is 1. The highest BCUT2D eigenvalue weighted by Crippen LogP contribution is 2.08. The predicted octanol–water partition coefficient (Wildman–Crippen LogP) is 1.77. The van der Waals surface area contributed by atoms with Crippen molar-refractivity contribution in [2.75, 3.05) is 26.0 Å². The van der Waals surface area contributed by atoms with E-state index in [-0.39, 0.29) is 18.4 Å². The Kier molecular flexibility index (Phi) is 7.86. The van der Waals surface area contributed by atoms with Crippen molar-refractivity contribution in [3.8, 4) is 0 Å². The zero-order chi connectivity index (χ0) is 12.0. The summed E-state index contributed by atoms with van der Waals surface area (Å²) in [5.74, 6) is 0.502. The quantitative estimate of drug-likeness (QED) is 0.434. The molecule has 0 aliphatic carbocycles. The third kappa shape index (κ3) is 5.34. The molecule has 17 heavy (non-hydrogen) atoms. The fourth-order valence-corrected chi connectivity index (χ4v) is 1.70. The number of hydrogen-bond acceptors (Lipinski definition) is 4. The van der Waals surface area contributed by atoms with Crippen molar-refractivity contribution in [2.45, 2.75) is 13.0 Å². The molecular formula is C9H16Cl2N4O2. The fourth-order valence-electron chi connectivity index (χ4n) is 1.41. The Balaban J connectivity index is 0.00000256. The van der Waals surface area contributed by atoms with E-state index in [1.165, 1.54) is 6.20 Å². The van der Waals surface area contributed by atoms with Crippen LogP contribution < -0.4 is 0 Å². The third-order valence-corrected chi connectivity index (χ3v) is 2.43. The first-order valence-electron chi connectivity index (χ1n) is 5.05. The van der Waals surface area contributed by atoms with E-state index >= 15 is 0 Å². The van der Waals surface area contributed by atoms with Gasteiger partial charge in [0, 0.05) is 19.0 Å². The number of halogens is 2. The minimum Gasteiger partial charge on any atom is -0.390 e. The first kappa shape index (κ1) is 16.1. The minimum absolute atomic E-state index is 0. The van der Waals surface area contributed by atoms with Crippen molar-refractivity contribution in [1.29, 1.82) is 0 Å². The number of alkyl halides is 1. The van der Waals surface area contributed by atoms with E-state index in [0.29, 0.717) is 12.4 Å². The SMILES string of the molecule is CN(CCCl)CCCn1ccnc1[N+](=O)[O-].Cl. The maximum Gasteiger partial charge on any atom is 0.434 e. The molecule has 0 unspecified atom stereocenters. The second-order valence-corrected chi connectivity index (χ2v) is 3.90. The monoisotopic (exact) mass is 282 g/mol. The van der Waals surface area contributed by atoms with E-state index < -0.39 is 4.92 Å². The van der Waals surface area contributed by atoms with Gasteiger partial charge in [-0.3, -0.25) is 0 Å². The van der Waals surface area contributed by atoms with Gasteiger partial charge in [0.05, 0.1) is 6.54 Å². The van der Waals surface area contributed by atoms with Crippen molar-refractivity contribution in [3.05, 3.63) is 22.5 Å². The summed E-state index contributed by atoms with van der Waals surface area (Å²) < 4.78 is 1.55. The van der Waals surface area contributed by atoms with Gasteiger partial charge in [0.1, 0.15) is 12.4 Å². The smallest absolute Gasteiger partial charge is 0.390 e. The molecule has 0 saturated heterocycles. The van der Waals surface area contributed by atoms with Crippen LogP contribution in [-0.4, -0.2) is 45.4 Å². The Morgan fingerprint density at radius 3 is 2.88 bits per heavy atom. The second-order valence-electron chi connectivity index (χ2n) is 3.52. The molecule has 8 heteroatoms. The van der Waals surface area contributed by atoms with E-state index in [2.05, 4.69) is 9.88 Å². The first-order chi connectivity index (χ1) is 7.65. The lowest BCUT2D eigenvalue weighted by Gasteiger charge is -2.13. The zero-order valence-electron chi connectivity index (χ0n) is 9.58. The van der Waals surface area contributed by atoms with Crippen LogP contribution in [0.15, 0.2) is 12.4 Å². The van der Waals surface area contributed by atoms with E-state index in [0.717, 1.165) is 19.5 Å². The van der Waals surface area contributed by atoms with E-state index in [9.17, 15) is 10.1 Å². The van der Waals surface area contributed by atoms with Crippen LogP contribution >= 0.6 is 24.0 Å². The summed E-state index contributed by atoms with van der Waals surface area (Å²) in [5, 5.41) is 10.6. The summed E-state index contributed by atoms with van der Waals surface area (Å²) in [6.45, 7) is 2.29. The molecule has 0 bridgehead atoms. The summed E-state index contributed by atoms with van der Waals surface area (Å²) in [6, 6.07) is 0. The van der Waals surface area contributed by atoms with E-state index in [4.69, 9.17) is 11.6 Å². The van der Waals surface area contributed by atoms with Crippen LogP contribution in [-0.2, 0) is 6.54 Å². The van der Waals surface area contributed by atoms with Crippen molar-refractivity contribution >= 4 is 30.0 Å². The molecule has 1 rings (SSSR count). The van der Waals surface area contributed by atoms with Gasteiger partial charge in [0.15, 0.2) is 0 Å². The number of hydrogen-bond donors (Lipinski definition) is 0. The van der Waals surface area contributed by atoms with Gasteiger partial charge in [-0.25, -0.2) is 4.57 Å². The van der Waals surface area contributed by atoms with Crippen molar-refractivity contribution in [1.82, 2.24) is 14.5 Å². The Hall–Kier alpha value is -0.850. The number of imidazole rings is 1. The maximum absolute atomic E-state index is 10.6. The fraction of sp³-hybridized carbons (Fsp3) is 0.667. The number of nitrogens with zero attached hydrogens (tertiary/aromatic N) is 4. The molecule has 0 aromatic carbocycles. The van der Waals surface area contributed by atoms with Crippen LogP contribution in [0.3, 0.4) is 0 Å². The number of rotatable bonds is 7. The molecule has 0 spiro atoms. The Bertz CT molecular complexity index is 345. The lowest BCUT2D eigenvalue weighted by Crippen LogP contribution is -2.23. The molecule has 98 valence electrons. The molecule has 0 amide bonds. The zero-order valence-corrected chi connectivity index (χ0v) is 11.2. The highest BCUT2D eigenvalue weighted by atomic mass is 35.5. The summed E-state index contributed by atoms with van der Waals surface area (Å²) in [6.07, 6.45) is 3.91. The molecule has 0 saturated carbocycles. The molecule has 0 aliphatic rings. The highest BCUT2D eigenvalue weighted by Gasteiger charge is 2.13. The largest absolute Gasteiger partial charge is 0.434 e. The molecule has 6 nitrogen and oxygen atoms in total. The highest BCUT2D eigenvalue weighted by molar-refractivity contribution is 6.18. The lowest BCUT2D eigenvalue weighted by atomic mass is 10.4. The normalized spacial score (nSPS) is 10.3. The average molecular weight is 283 g/mol. The lowest BCUT2D eigenvalue weighted by molar-refractivity contribution is -0.396. The third-order valence-electron chi connectivity index (χ3n) is 2.26. The summed E-state index contributed by atoms with van der Waals surface area (Å²) in [4.78, 5) is 15.9. The molecule has 0 radical (unpaired) electrons. The minimum atomic E-state index is -0.470. The van der Waals surface area contributed by atoms with Gasteiger partial charge in [-0.1, -0.05) is 4.98 Å². The average Bonchev–Trinajstić information content (AvgIpc) is 2.66. The molecular weight excluding hydrogens is 267 g/mol. The Morgan fingerprint density at radius 1 is 1.59 bits per heavy atom. The topological polar surface area (TPSA) is 64.2 Å². The first-order valence-corrected chi connectivity index (χ1v) is 5.58. The molecule has 0 fully saturated rings. The van der Waals surface area contributed by atoms with Crippen molar-refractivity contribution in [2.24, 2.45) is 0 Å². The molecule has 1 aromatic heterocycles. The standard InChI is InChI=1S/C9H15ClN4O2.ClH/c1-12(7-3-10)5-2-6-13-8-4-11-9(13)14(15)16;/h4,8H,2-3,5-7H2,1H3;1H. The molecule has 1 heterocycles. The Morgan fingerprint density at radius 2 is 2.29 bits per heavy atom. The molecule has 0 aliphatic heterocycles. The van der Waals surface area contributed by atoms with Gasteiger partial charge in [0.2, 0.25) is 0 Å². The van der Waals surface area contributed by atoms with Crippen molar-refractivity contribution in [3.63, 3.8) is 0 Å². The van der Waals surface area contributed by atoms with E-state index in [1.54, 1.807) is 10.8 Å². The number of aromatic nitrogens is 2. The molecule has 1 aromatic rings. The molecule has 0 atom stereocenters. The van der Waals surface area contributed by atoms with Gasteiger partial charge in [-0.15, -0.1) is 24.0 Å². The second kappa shape index (κ2) is 8.27. The Labute approximate surface area is 111 Å². The predicted molar refractivity (Wildman–Crippen MR) is 69.0 cm³/mol. The molecule has 0 N–H and O–H groups in total. The van der Waals surface area contributed by atoms with Gasteiger partial charge in [0.25, 0.3) is 0 Å². The van der Waals surface area contributed by atoms with Crippen LogP contribution in [0, 0.1) is 10.1 Å². The van der Waals surface area contributed by atoms with Crippen LogP contribution in [0.5, 0.6) is 0 Å². The van der Waals surface area contributed by atoms with Crippen LogP contribution in [0.2, 0.25) is 0 Å². The van der Waals surface area contributed by atoms with E-state index in [1.807, 2.05) is 7.05 Å². The van der Waals surface area contributed by atoms with Gasteiger partial charge in [-0.2, -0.15) is 0 Å². The van der Waals surface area contributed by atoms with Gasteiger partial charge in [-0.05, 0) is 18.4 Å². The summed E-state index contributed by atoms with van der Waals surface area (Å²) >= 11 is 5.60. The summed E-state index contributed by atoms with van der Waals surface area (Å²) in [5.41, 5.74) is 0. The number of nitro groups is 1. The van der Waals surface area contributed by atoms with Crippen LogP contribution in [0.4, 0.5) is 5.95 Å². The van der Waals surface area contributed by atoms with Gasteiger partial charge >= 0.3 is 5.95 Å². The maximum atomic E-state index is 10.6. The summed E-state index contributed by atoms with van der Waals surface area (Å²) in [7, 11) is 1.98.